The minimum atomic E-state index is 0.0382. The van der Waals surface area contributed by atoms with Crippen LogP contribution < -0.4 is 0 Å². The molecule has 6 nitrogen and oxygen atoms in total. The average Bonchev–Trinajstić information content (AvgIpc) is 3.20. The second-order valence-corrected chi connectivity index (χ2v) is 8.33. The number of pyridine rings is 1. The molecule has 0 N–H and O–H groups in total. The largest absolute Gasteiger partial charge is 0.372 e. The number of hydrogen-bond donors (Lipinski definition) is 0. The molecular weight excluding hydrogens is 342 g/mol. The molecule has 4 rings (SSSR count). The number of likely N-dealkylation sites (tertiary alicyclic amines) is 2. The molecule has 148 valence electrons. The standard InChI is InChI=1S/C21H31N3O3/c25-20(24-8-1-2-9-24)15-26-10-5-18-6-11-27-21(12-18)16-23(17-21)14-19-4-3-7-22-13-19/h3-4,7,13,18H,1-2,5-6,8-12,14-17H2/t18-/m1/s1. The fourth-order valence-corrected chi connectivity index (χ4v) is 4.69. The number of amides is 1. The summed E-state index contributed by atoms with van der Waals surface area (Å²) in [6, 6.07) is 4.12. The smallest absolute Gasteiger partial charge is 0.248 e. The van der Waals surface area contributed by atoms with E-state index in [1.165, 1.54) is 5.56 Å². The molecule has 1 spiro atoms. The molecule has 4 heterocycles. The van der Waals surface area contributed by atoms with E-state index in [1.807, 2.05) is 23.4 Å². The summed E-state index contributed by atoms with van der Waals surface area (Å²) in [5, 5.41) is 0. The number of nitrogens with zero attached hydrogens (tertiary/aromatic N) is 3. The third-order valence-electron chi connectivity index (χ3n) is 6.10. The molecule has 6 heteroatoms. The maximum atomic E-state index is 12.0. The molecule has 3 aliphatic heterocycles. The Morgan fingerprint density at radius 1 is 1.33 bits per heavy atom. The van der Waals surface area contributed by atoms with Gasteiger partial charge in [0.05, 0.1) is 5.60 Å². The number of aromatic nitrogens is 1. The third-order valence-corrected chi connectivity index (χ3v) is 6.10. The first-order chi connectivity index (χ1) is 13.2. The Morgan fingerprint density at radius 3 is 2.96 bits per heavy atom. The van der Waals surface area contributed by atoms with Gasteiger partial charge in [0.15, 0.2) is 0 Å². The normalized spacial score (nSPS) is 24.9. The first-order valence-electron chi connectivity index (χ1n) is 10.3. The van der Waals surface area contributed by atoms with Crippen molar-refractivity contribution in [1.82, 2.24) is 14.8 Å². The molecule has 0 radical (unpaired) electrons. The van der Waals surface area contributed by atoms with Crippen LogP contribution in [-0.2, 0) is 20.8 Å². The summed E-state index contributed by atoms with van der Waals surface area (Å²) >= 11 is 0. The van der Waals surface area contributed by atoms with Crippen molar-refractivity contribution in [3.63, 3.8) is 0 Å². The van der Waals surface area contributed by atoms with Crippen molar-refractivity contribution >= 4 is 5.91 Å². The van der Waals surface area contributed by atoms with Gasteiger partial charge in [-0.25, -0.2) is 0 Å². The minimum absolute atomic E-state index is 0.0382. The van der Waals surface area contributed by atoms with Crippen LogP contribution in [0.15, 0.2) is 24.5 Å². The fourth-order valence-electron chi connectivity index (χ4n) is 4.69. The second kappa shape index (κ2) is 8.67. The van der Waals surface area contributed by atoms with Gasteiger partial charge >= 0.3 is 0 Å². The quantitative estimate of drug-likeness (QED) is 0.685. The number of rotatable bonds is 7. The maximum Gasteiger partial charge on any atom is 0.248 e. The number of hydrogen-bond acceptors (Lipinski definition) is 5. The van der Waals surface area contributed by atoms with Gasteiger partial charge in [-0.1, -0.05) is 6.07 Å². The van der Waals surface area contributed by atoms with Gasteiger partial charge in [-0.3, -0.25) is 14.7 Å². The molecule has 0 bridgehead atoms. The first kappa shape index (κ1) is 18.8. The molecule has 3 fully saturated rings. The second-order valence-electron chi connectivity index (χ2n) is 8.33. The molecule has 1 amide bonds. The molecule has 1 atom stereocenters. The summed E-state index contributed by atoms with van der Waals surface area (Å²) in [5.74, 6) is 0.794. The van der Waals surface area contributed by atoms with Crippen LogP contribution in [0.5, 0.6) is 0 Å². The lowest BCUT2D eigenvalue weighted by atomic mass is 9.79. The molecule has 0 aliphatic carbocycles. The molecule has 3 saturated heterocycles. The lowest BCUT2D eigenvalue weighted by Gasteiger charge is -2.53. The molecule has 1 aromatic heterocycles. The van der Waals surface area contributed by atoms with Gasteiger partial charge in [0.1, 0.15) is 6.61 Å². The van der Waals surface area contributed by atoms with Crippen molar-refractivity contribution in [2.75, 3.05) is 46.0 Å². The van der Waals surface area contributed by atoms with E-state index in [0.717, 1.165) is 71.4 Å². The Bertz CT molecular complexity index is 612. The van der Waals surface area contributed by atoms with Crippen molar-refractivity contribution in [1.29, 1.82) is 0 Å². The Kier molecular flexibility index (Phi) is 6.05. The van der Waals surface area contributed by atoms with E-state index >= 15 is 0 Å². The van der Waals surface area contributed by atoms with Crippen LogP contribution in [0.2, 0.25) is 0 Å². The predicted molar refractivity (Wildman–Crippen MR) is 102 cm³/mol. The van der Waals surface area contributed by atoms with Crippen molar-refractivity contribution in [2.45, 2.75) is 44.2 Å². The topological polar surface area (TPSA) is 54.9 Å². The highest BCUT2D eigenvalue weighted by atomic mass is 16.5. The van der Waals surface area contributed by atoms with E-state index < -0.39 is 0 Å². The van der Waals surface area contributed by atoms with Crippen molar-refractivity contribution < 1.29 is 14.3 Å². The van der Waals surface area contributed by atoms with Crippen molar-refractivity contribution in [2.24, 2.45) is 5.92 Å². The van der Waals surface area contributed by atoms with E-state index in [9.17, 15) is 4.79 Å². The van der Waals surface area contributed by atoms with E-state index in [-0.39, 0.29) is 18.1 Å². The zero-order valence-corrected chi connectivity index (χ0v) is 16.1. The van der Waals surface area contributed by atoms with E-state index in [1.54, 1.807) is 0 Å². The van der Waals surface area contributed by atoms with Gasteiger partial charge in [0.25, 0.3) is 0 Å². The number of carbonyl (C=O) groups is 1. The van der Waals surface area contributed by atoms with Gasteiger partial charge in [-0.2, -0.15) is 0 Å². The van der Waals surface area contributed by atoms with Crippen LogP contribution in [0.1, 0.15) is 37.7 Å². The van der Waals surface area contributed by atoms with E-state index in [4.69, 9.17) is 9.47 Å². The third kappa shape index (κ3) is 4.86. The monoisotopic (exact) mass is 373 g/mol. The summed E-state index contributed by atoms with van der Waals surface area (Å²) in [4.78, 5) is 20.6. The zero-order valence-electron chi connectivity index (χ0n) is 16.1. The zero-order chi connectivity index (χ0) is 18.5. The van der Waals surface area contributed by atoms with Gasteiger partial charge in [0.2, 0.25) is 5.91 Å². The summed E-state index contributed by atoms with van der Waals surface area (Å²) in [7, 11) is 0. The van der Waals surface area contributed by atoms with Gasteiger partial charge in [0, 0.05) is 58.3 Å². The van der Waals surface area contributed by atoms with E-state index in [0.29, 0.717) is 12.5 Å². The molecule has 1 aromatic rings. The van der Waals surface area contributed by atoms with Crippen LogP contribution in [0.3, 0.4) is 0 Å². The lowest BCUT2D eigenvalue weighted by Crippen LogP contribution is -2.64. The van der Waals surface area contributed by atoms with Crippen LogP contribution >= 0.6 is 0 Å². The molecule has 0 unspecified atom stereocenters. The molecule has 0 saturated carbocycles. The molecule has 3 aliphatic rings. The van der Waals surface area contributed by atoms with Crippen LogP contribution in [-0.4, -0.2) is 72.3 Å². The number of ether oxygens (including phenoxy) is 2. The minimum Gasteiger partial charge on any atom is -0.372 e. The van der Waals surface area contributed by atoms with Crippen molar-refractivity contribution in [3.8, 4) is 0 Å². The van der Waals surface area contributed by atoms with E-state index in [2.05, 4.69) is 16.0 Å². The van der Waals surface area contributed by atoms with Crippen LogP contribution in [0, 0.1) is 5.92 Å². The Balaban J connectivity index is 1.14. The average molecular weight is 373 g/mol. The summed E-state index contributed by atoms with van der Waals surface area (Å²) in [6.45, 7) is 6.54. The Labute approximate surface area is 161 Å². The highest BCUT2D eigenvalue weighted by Crippen LogP contribution is 2.38. The predicted octanol–water partition coefficient (Wildman–Crippen LogP) is 2.09. The molecule has 27 heavy (non-hydrogen) atoms. The highest BCUT2D eigenvalue weighted by molar-refractivity contribution is 5.77. The lowest BCUT2D eigenvalue weighted by molar-refractivity contribution is -0.182. The van der Waals surface area contributed by atoms with Crippen LogP contribution in [0.4, 0.5) is 0 Å². The summed E-state index contributed by atoms with van der Waals surface area (Å²) in [6.07, 6.45) is 9.27. The molecular formula is C21H31N3O3. The molecule has 0 aromatic carbocycles. The van der Waals surface area contributed by atoms with Crippen LogP contribution in [0.25, 0.3) is 0 Å². The SMILES string of the molecule is O=C(COCC[C@@H]1CCOC2(C1)CN(Cc1cccnc1)C2)N1CCCC1. The Hall–Kier alpha value is -1.50. The van der Waals surface area contributed by atoms with Gasteiger partial charge < -0.3 is 14.4 Å². The number of carbonyl (C=O) groups excluding carboxylic acids is 1. The Morgan fingerprint density at radius 2 is 2.19 bits per heavy atom. The highest BCUT2D eigenvalue weighted by Gasteiger charge is 2.47. The maximum absolute atomic E-state index is 12.0. The summed E-state index contributed by atoms with van der Waals surface area (Å²) < 4.78 is 11.8. The first-order valence-corrected chi connectivity index (χ1v) is 10.3. The fraction of sp³-hybridized carbons (Fsp3) is 0.714. The summed E-state index contributed by atoms with van der Waals surface area (Å²) in [5.41, 5.74) is 1.30. The van der Waals surface area contributed by atoms with Gasteiger partial charge in [-0.15, -0.1) is 0 Å². The van der Waals surface area contributed by atoms with Gasteiger partial charge in [-0.05, 0) is 49.7 Å². The van der Waals surface area contributed by atoms with Crippen molar-refractivity contribution in [3.05, 3.63) is 30.1 Å².